The van der Waals surface area contributed by atoms with E-state index in [1.54, 1.807) is 24.3 Å². The van der Waals surface area contributed by atoms with E-state index >= 15 is 0 Å². The second-order valence-electron chi connectivity index (χ2n) is 7.11. The number of aliphatic hydroxyl groups is 1. The van der Waals surface area contributed by atoms with E-state index < -0.39 is 36.7 Å². The summed E-state index contributed by atoms with van der Waals surface area (Å²) in [5.41, 5.74) is 3.03. The molecule has 166 valence electrons. The third-order valence-corrected chi connectivity index (χ3v) is 4.97. The van der Waals surface area contributed by atoms with Gasteiger partial charge in [0.05, 0.1) is 0 Å². The third-order valence-electron chi connectivity index (χ3n) is 4.97. The maximum absolute atomic E-state index is 12.7. The Morgan fingerprint density at radius 2 is 1.55 bits per heavy atom. The zero-order chi connectivity index (χ0) is 23.0. The van der Waals surface area contributed by atoms with Gasteiger partial charge in [0.1, 0.15) is 6.61 Å². The molecule has 0 fully saturated rings. The van der Waals surface area contributed by atoms with Gasteiger partial charge >= 0.3 is 0 Å². The summed E-state index contributed by atoms with van der Waals surface area (Å²) < 4.78 is 24.5. The molecule has 0 bridgehead atoms. The standard InChI is InChI=1S/C23H26F2N2O4/c1-26-22(30)21(19(29)14-28)27(2)23(31)18-12-10-17(11-13-18)16-8-6-15(7-9-16)4-3-5-20(24)25/h6-13,20-21,28H,3-5,14H2,1-2H3,(H,26,30). The first kappa shape index (κ1) is 24.1. The van der Waals surface area contributed by atoms with Crippen LogP contribution in [-0.4, -0.2) is 60.8 Å². The number of benzene rings is 2. The molecule has 0 heterocycles. The molecular formula is C23H26F2N2O4. The molecule has 0 aliphatic carbocycles. The van der Waals surface area contributed by atoms with Crippen LogP contribution in [0.4, 0.5) is 8.78 Å². The van der Waals surface area contributed by atoms with Gasteiger partial charge in [0.15, 0.2) is 11.8 Å². The Hall–Kier alpha value is -3.13. The number of rotatable bonds is 10. The van der Waals surface area contributed by atoms with Crippen LogP contribution in [0.1, 0.15) is 28.8 Å². The molecule has 0 aliphatic rings. The number of amides is 2. The maximum atomic E-state index is 12.7. The van der Waals surface area contributed by atoms with E-state index in [1.165, 1.54) is 14.1 Å². The lowest BCUT2D eigenvalue weighted by Gasteiger charge is -2.25. The summed E-state index contributed by atoms with van der Waals surface area (Å²) in [6.45, 7) is -0.854. The van der Waals surface area contributed by atoms with E-state index in [9.17, 15) is 23.2 Å². The van der Waals surface area contributed by atoms with E-state index in [-0.39, 0.29) is 12.0 Å². The average molecular weight is 432 g/mol. The second-order valence-corrected chi connectivity index (χ2v) is 7.11. The Morgan fingerprint density at radius 3 is 2.03 bits per heavy atom. The molecule has 0 spiro atoms. The fraction of sp³-hybridized carbons (Fsp3) is 0.348. The largest absolute Gasteiger partial charge is 0.388 e. The van der Waals surface area contributed by atoms with Crippen molar-refractivity contribution in [2.24, 2.45) is 0 Å². The SMILES string of the molecule is CNC(=O)C(C(=O)CO)N(C)C(=O)c1ccc(-c2ccc(CCCC(F)F)cc2)cc1. The molecule has 1 unspecified atom stereocenters. The van der Waals surface area contributed by atoms with Crippen LogP contribution in [0, 0.1) is 0 Å². The Labute approximate surface area is 179 Å². The monoisotopic (exact) mass is 432 g/mol. The van der Waals surface area contributed by atoms with Crippen molar-refractivity contribution in [3.63, 3.8) is 0 Å². The number of likely N-dealkylation sites (N-methyl/N-ethyl adjacent to an activating group) is 2. The van der Waals surface area contributed by atoms with Crippen LogP contribution in [0.3, 0.4) is 0 Å². The highest BCUT2D eigenvalue weighted by atomic mass is 19.3. The number of nitrogens with zero attached hydrogens (tertiary/aromatic N) is 1. The van der Waals surface area contributed by atoms with Crippen LogP contribution in [0.5, 0.6) is 0 Å². The number of aliphatic hydroxyl groups excluding tert-OH is 1. The van der Waals surface area contributed by atoms with E-state index in [4.69, 9.17) is 5.11 Å². The first-order valence-electron chi connectivity index (χ1n) is 9.88. The first-order chi connectivity index (χ1) is 14.8. The molecule has 31 heavy (non-hydrogen) atoms. The van der Waals surface area contributed by atoms with Crippen LogP contribution in [-0.2, 0) is 16.0 Å². The van der Waals surface area contributed by atoms with Gasteiger partial charge in [-0.05, 0) is 41.7 Å². The number of alkyl halides is 2. The Bertz CT molecular complexity index is 883. The first-order valence-corrected chi connectivity index (χ1v) is 9.88. The van der Waals surface area contributed by atoms with E-state index in [0.29, 0.717) is 12.8 Å². The summed E-state index contributed by atoms with van der Waals surface area (Å²) in [4.78, 5) is 37.6. The molecule has 0 aromatic heterocycles. The number of nitrogens with one attached hydrogen (secondary N) is 1. The maximum Gasteiger partial charge on any atom is 0.254 e. The molecule has 2 amide bonds. The summed E-state index contributed by atoms with van der Waals surface area (Å²) in [6, 6.07) is 12.8. The molecule has 0 saturated heterocycles. The summed E-state index contributed by atoms with van der Waals surface area (Å²) in [5.74, 6) is -1.99. The van der Waals surface area contributed by atoms with Crippen LogP contribution in [0.15, 0.2) is 48.5 Å². The molecule has 0 radical (unpaired) electrons. The topological polar surface area (TPSA) is 86.7 Å². The van der Waals surface area contributed by atoms with Crippen molar-refractivity contribution < 1.29 is 28.3 Å². The van der Waals surface area contributed by atoms with Gasteiger partial charge in [0.2, 0.25) is 12.3 Å². The van der Waals surface area contributed by atoms with Crippen molar-refractivity contribution >= 4 is 17.6 Å². The van der Waals surface area contributed by atoms with Gasteiger partial charge in [0.25, 0.3) is 5.91 Å². The van der Waals surface area contributed by atoms with Crippen molar-refractivity contribution in [2.45, 2.75) is 31.7 Å². The Morgan fingerprint density at radius 1 is 1.00 bits per heavy atom. The van der Waals surface area contributed by atoms with Gasteiger partial charge in [-0.25, -0.2) is 8.78 Å². The van der Waals surface area contributed by atoms with Gasteiger partial charge < -0.3 is 15.3 Å². The number of hydrogen-bond donors (Lipinski definition) is 2. The lowest BCUT2D eigenvalue weighted by Crippen LogP contribution is -2.52. The highest BCUT2D eigenvalue weighted by Gasteiger charge is 2.32. The zero-order valence-corrected chi connectivity index (χ0v) is 17.5. The molecule has 0 saturated carbocycles. The molecule has 2 aromatic rings. The third kappa shape index (κ3) is 6.42. The highest BCUT2D eigenvalue weighted by molar-refractivity contribution is 6.10. The van der Waals surface area contributed by atoms with Gasteiger partial charge in [-0.2, -0.15) is 0 Å². The van der Waals surface area contributed by atoms with Gasteiger partial charge in [-0.1, -0.05) is 36.4 Å². The molecule has 1 atom stereocenters. The number of aryl methyl sites for hydroxylation is 1. The summed E-state index contributed by atoms with van der Waals surface area (Å²) in [7, 11) is 2.67. The lowest BCUT2D eigenvalue weighted by molar-refractivity contribution is -0.135. The minimum atomic E-state index is -2.28. The van der Waals surface area contributed by atoms with E-state index in [2.05, 4.69) is 5.32 Å². The van der Waals surface area contributed by atoms with Gasteiger partial charge in [-0.3, -0.25) is 14.4 Å². The van der Waals surface area contributed by atoms with Crippen molar-refractivity contribution in [3.8, 4) is 11.1 Å². The van der Waals surface area contributed by atoms with Crippen molar-refractivity contribution in [1.82, 2.24) is 10.2 Å². The van der Waals surface area contributed by atoms with Crippen LogP contribution in [0.2, 0.25) is 0 Å². The van der Waals surface area contributed by atoms with Crippen LogP contribution >= 0.6 is 0 Å². The Kier molecular flexibility index (Phi) is 8.81. The predicted octanol–water partition coefficient (Wildman–Crippen LogP) is 2.69. The molecular weight excluding hydrogens is 406 g/mol. The average Bonchev–Trinajstić information content (AvgIpc) is 2.78. The van der Waals surface area contributed by atoms with Crippen molar-refractivity contribution in [1.29, 1.82) is 0 Å². The summed E-state index contributed by atoms with van der Waals surface area (Å²) >= 11 is 0. The molecule has 2 aromatic carbocycles. The van der Waals surface area contributed by atoms with Crippen molar-refractivity contribution in [3.05, 3.63) is 59.7 Å². The molecule has 8 heteroatoms. The van der Waals surface area contributed by atoms with Crippen LogP contribution in [0.25, 0.3) is 11.1 Å². The molecule has 0 aliphatic heterocycles. The number of Topliss-reactive ketones (excluding diaryl/α,β-unsaturated/α-hetero) is 1. The molecule has 6 nitrogen and oxygen atoms in total. The number of hydrogen-bond acceptors (Lipinski definition) is 4. The van der Waals surface area contributed by atoms with Crippen LogP contribution < -0.4 is 5.32 Å². The fourth-order valence-electron chi connectivity index (χ4n) is 3.21. The minimum Gasteiger partial charge on any atom is -0.388 e. The van der Waals surface area contributed by atoms with E-state index in [1.807, 2.05) is 24.3 Å². The lowest BCUT2D eigenvalue weighted by atomic mass is 10.00. The smallest absolute Gasteiger partial charge is 0.254 e. The minimum absolute atomic E-state index is 0.115. The van der Waals surface area contributed by atoms with Gasteiger partial charge in [-0.15, -0.1) is 0 Å². The number of carbonyl (C=O) groups excluding carboxylic acids is 3. The predicted molar refractivity (Wildman–Crippen MR) is 113 cm³/mol. The number of halogens is 2. The highest BCUT2D eigenvalue weighted by Crippen LogP contribution is 2.22. The van der Waals surface area contributed by atoms with E-state index in [0.717, 1.165) is 21.6 Å². The number of carbonyl (C=O) groups is 3. The summed E-state index contributed by atoms with van der Waals surface area (Å²) in [5, 5.41) is 11.4. The molecule has 2 rings (SSSR count). The summed E-state index contributed by atoms with van der Waals surface area (Å²) in [6.07, 6.45) is -1.38. The normalized spacial score (nSPS) is 11.8. The number of ketones is 1. The zero-order valence-electron chi connectivity index (χ0n) is 17.5. The van der Waals surface area contributed by atoms with Gasteiger partial charge in [0, 0.05) is 26.1 Å². The Balaban J connectivity index is 2.10. The second kappa shape index (κ2) is 11.3. The molecule has 2 N–H and O–H groups in total. The van der Waals surface area contributed by atoms with Crippen molar-refractivity contribution in [2.75, 3.05) is 20.7 Å². The quantitative estimate of drug-likeness (QED) is 0.565. The fourth-order valence-corrected chi connectivity index (χ4v) is 3.21.